The maximum Gasteiger partial charge on any atom is 0.308 e. The summed E-state index contributed by atoms with van der Waals surface area (Å²) in [5, 5.41) is 3.58. The quantitative estimate of drug-likeness (QED) is 0.750. The van der Waals surface area contributed by atoms with Crippen molar-refractivity contribution in [3.8, 4) is 0 Å². The Morgan fingerprint density at radius 1 is 1.26 bits per heavy atom. The van der Waals surface area contributed by atoms with Crippen molar-refractivity contribution in [1.29, 1.82) is 0 Å². The Hall–Kier alpha value is -1.82. The van der Waals surface area contributed by atoms with Gasteiger partial charge in [-0.2, -0.15) is 0 Å². The minimum absolute atomic E-state index is 0.0706. The fourth-order valence-electron chi connectivity index (χ4n) is 3.84. The molecule has 0 bridgehead atoms. The summed E-state index contributed by atoms with van der Waals surface area (Å²) >= 11 is 5.88. The van der Waals surface area contributed by atoms with Crippen molar-refractivity contribution in [2.75, 3.05) is 18.0 Å². The average Bonchev–Trinajstić information content (AvgIpc) is 3.18. The molecule has 0 spiro atoms. The van der Waals surface area contributed by atoms with E-state index in [4.69, 9.17) is 16.3 Å². The topological polar surface area (TPSA) is 71.5 Å². The number of ether oxygens (including phenoxy) is 1. The van der Waals surface area contributed by atoms with Crippen LogP contribution in [0.15, 0.2) is 18.3 Å². The number of anilines is 1. The number of carbonyl (C=O) groups is 2. The smallest absolute Gasteiger partial charge is 0.308 e. The van der Waals surface area contributed by atoms with Gasteiger partial charge < -0.3 is 15.0 Å². The number of nitrogens with one attached hydrogen (secondary N) is 1. The number of hydrogen-bond donors (Lipinski definition) is 1. The third-order valence-electron chi connectivity index (χ3n) is 5.36. The summed E-state index contributed by atoms with van der Waals surface area (Å²) in [4.78, 5) is 30.8. The molecule has 1 aliphatic heterocycles. The molecule has 27 heavy (non-hydrogen) atoms. The summed E-state index contributed by atoms with van der Waals surface area (Å²) in [5.74, 6) is 0.857. The van der Waals surface area contributed by atoms with Crippen LogP contribution in [0.25, 0.3) is 0 Å². The molecule has 1 saturated heterocycles. The van der Waals surface area contributed by atoms with E-state index in [1.165, 1.54) is 0 Å². The highest BCUT2D eigenvalue weighted by Gasteiger charge is 2.26. The van der Waals surface area contributed by atoms with Crippen molar-refractivity contribution in [2.24, 2.45) is 5.92 Å². The molecule has 2 heterocycles. The predicted molar refractivity (Wildman–Crippen MR) is 105 cm³/mol. The van der Waals surface area contributed by atoms with Crippen LogP contribution >= 0.6 is 11.6 Å². The third-order valence-corrected chi connectivity index (χ3v) is 5.59. The third kappa shape index (κ3) is 5.83. The Kier molecular flexibility index (Phi) is 6.94. The van der Waals surface area contributed by atoms with Crippen molar-refractivity contribution in [3.63, 3.8) is 0 Å². The van der Waals surface area contributed by atoms with E-state index in [-0.39, 0.29) is 36.4 Å². The van der Waals surface area contributed by atoms with E-state index in [1.54, 1.807) is 6.20 Å². The van der Waals surface area contributed by atoms with Crippen molar-refractivity contribution in [3.05, 3.63) is 23.4 Å². The lowest BCUT2D eigenvalue weighted by Crippen LogP contribution is -2.40. The van der Waals surface area contributed by atoms with Crippen molar-refractivity contribution >= 4 is 29.3 Å². The summed E-state index contributed by atoms with van der Waals surface area (Å²) in [6, 6.07) is 3.55. The first kappa shape index (κ1) is 19.9. The van der Waals surface area contributed by atoms with E-state index in [2.05, 4.69) is 15.2 Å². The average molecular weight is 394 g/mol. The van der Waals surface area contributed by atoms with E-state index in [0.29, 0.717) is 5.02 Å². The normalized spacial score (nSPS) is 19.7. The van der Waals surface area contributed by atoms with Gasteiger partial charge >= 0.3 is 5.97 Å². The number of hydrogen-bond acceptors (Lipinski definition) is 5. The van der Waals surface area contributed by atoms with Gasteiger partial charge in [0.15, 0.2) is 0 Å². The number of nitrogens with zero attached hydrogens (tertiary/aromatic N) is 2. The van der Waals surface area contributed by atoms with Gasteiger partial charge in [-0.1, -0.05) is 24.4 Å². The number of amides is 1. The molecule has 1 aromatic heterocycles. The van der Waals surface area contributed by atoms with Gasteiger partial charge in [0.2, 0.25) is 5.91 Å². The molecule has 0 aromatic carbocycles. The second-order valence-electron chi connectivity index (χ2n) is 7.61. The van der Waals surface area contributed by atoms with Crippen molar-refractivity contribution in [1.82, 2.24) is 10.3 Å². The zero-order chi connectivity index (χ0) is 19.2. The lowest BCUT2D eigenvalue weighted by atomic mass is 10.1. The summed E-state index contributed by atoms with van der Waals surface area (Å²) in [6.45, 7) is 3.45. The summed E-state index contributed by atoms with van der Waals surface area (Å²) in [6.07, 6.45) is 7.52. The predicted octanol–water partition coefficient (Wildman–Crippen LogP) is 3.33. The molecule has 1 N–H and O–H groups in total. The maximum absolute atomic E-state index is 12.2. The van der Waals surface area contributed by atoms with Crippen LogP contribution in [0.1, 0.15) is 51.9 Å². The summed E-state index contributed by atoms with van der Waals surface area (Å²) < 4.78 is 5.61. The molecule has 1 amide bonds. The van der Waals surface area contributed by atoms with Crippen LogP contribution in [-0.2, 0) is 14.3 Å². The summed E-state index contributed by atoms with van der Waals surface area (Å²) in [7, 11) is 0. The molecule has 6 nitrogen and oxygen atoms in total. The highest BCUT2D eigenvalue weighted by molar-refractivity contribution is 6.30. The molecule has 1 aliphatic carbocycles. The van der Waals surface area contributed by atoms with E-state index >= 15 is 0 Å². The number of carbonyl (C=O) groups excluding carboxylic acids is 2. The standard InChI is InChI=1S/C20H28ClN3O3/c1-14(23-20(26)15-4-2-3-5-15)12-19(25)27-17-8-10-24(11-9-17)18-7-6-16(21)13-22-18/h6-7,13-15,17H,2-5,8-12H2,1H3,(H,23,26). The fourth-order valence-corrected chi connectivity index (χ4v) is 3.95. The number of aromatic nitrogens is 1. The van der Waals surface area contributed by atoms with Gasteiger partial charge in [0.25, 0.3) is 0 Å². The molecule has 1 atom stereocenters. The largest absolute Gasteiger partial charge is 0.462 e. The molecule has 2 fully saturated rings. The first-order chi connectivity index (χ1) is 13.0. The molecule has 7 heteroatoms. The van der Waals surface area contributed by atoms with Gasteiger partial charge in [-0.15, -0.1) is 0 Å². The second-order valence-corrected chi connectivity index (χ2v) is 8.04. The zero-order valence-corrected chi connectivity index (χ0v) is 16.6. The van der Waals surface area contributed by atoms with Crippen molar-refractivity contribution < 1.29 is 14.3 Å². The lowest BCUT2D eigenvalue weighted by molar-refractivity contribution is -0.150. The number of rotatable bonds is 6. The first-order valence-corrected chi connectivity index (χ1v) is 10.3. The van der Waals surface area contributed by atoms with Gasteiger partial charge in [-0.25, -0.2) is 4.98 Å². The number of esters is 1. The number of halogens is 1. The van der Waals surface area contributed by atoms with Gasteiger partial charge in [0, 0.05) is 44.1 Å². The highest BCUT2D eigenvalue weighted by atomic mass is 35.5. The van der Waals surface area contributed by atoms with Crippen LogP contribution in [0.5, 0.6) is 0 Å². The molecular weight excluding hydrogens is 366 g/mol. The molecule has 1 saturated carbocycles. The van der Waals surface area contributed by atoms with Crippen molar-refractivity contribution in [2.45, 2.75) is 64.0 Å². The molecular formula is C20H28ClN3O3. The van der Waals surface area contributed by atoms with Crippen LogP contribution in [0, 0.1) is 5.92 Å². The highest BCUT2D eigenvalue weighted by Crippen LogP contribution is 2.25. The molecule has 1 unspecified atom stereocenters. The number of piperidine rings is 1. The van der Waals surface area contributed by atoms with Gasteiger partial charge in [0.05, 0.1) is 11.4 Å². The lowest BCUT2D eigenvalue weighted by Gasteiger charge is -2.32. The summed E-state index contributed by atoms with van der Waals surface area (Å²) in [5.41, 5.74) is 0. The van der Waals surface area contributed by atoms with Crippen LogP contribution in [0.4, 0.5) is 5.82 Å². The molecule has 148 valence electrons. The molecule has 1 aromatic rings. The SMILES string of the molecule is CC(CC(=O)OC1CCN(c2ccc(Cl)cn2)CC1)NC(=O)C1CCCC1. The van der Waals surface area contributed by atoms with Crippen LogP contribution in [-0.4, -0.2) is 42.1 Å². The molecule has 0 radical (unpaired) electrons. The van der Waals surface area contributed by atoms with Gasteiger partial charge in [-0.3, -0.25) is 9.59 Å². The van der Waals surface area contributed by atoms with Gasteiger partial charge in [0.1, 0.15) is 11.9 Å². The Morgan fingerprint density at radius 2 is 1.96 bits per heavy atom. The zero-order valence-electron chi connectivity index (χ0n) is 15.8. The Morgan fingerprint density at radius 3 is 2.59 bits per heavy atom. The molecule has 3 rings (SSSR count). The minimum atomic E-state index is -0.239. The van der Waals surface area contributed by atoms with Gasteiger partial charge in [-0.05, 0) is 31.9 Å². The van der Waals surface area contributed by atoms with E-state index < -0.39 is 0 Å². The Labute approximate surface area is 165 Å². The second kappa shape index (κ2) is 9.40. The van der Waals surface area contributed by atoms with E-state index in [9.17, 15) is 9.59 Å². The first-order valence-electron chi connectivity index (χ1n) is 9.87. The van der Waals surface area contributed by atoms with E-state index in [0.717, 1.165) is 57.4 Å². The van der Waals surface area contributed by atoms with Crippen LogP contribution in [0.2, 0.25) is 5.02 Å². The maximum atomic E-state index is 12.2. The Bertz CT molecular complexity index is 638. The van der Waals surface area contributed by atoms with Crippen LogP contribution < -0.4 is 10.2 Å². The van der Waals surface area contributed by atoms with Crippen LogP contribution in [0.3, 0.4) is 0 Å². The molecule has 2 aliphatic rings. The monoisotopic (exact) mass is 393 g/mol. The Balaban J connectivity index is 1.37. The fraction of sp³-hybridized carbons (Fsp3) is 0.650. The minimum Gasteiger partial charge on any atom is -0.462 e. The number of pyridine rings is 1. The van der Waals surface area contributed by atoms with E-state index in [1.807, 2.05) is 19.1 Å².